The molecular weight excluding hydrogens is 224 g/mol. The molecule has 0 saturated carbocycles. The van der Waals surface area contributed by atoms with E-state index in [2.05, 4.69) is 29.4 Å². The molecule has 1 unspecified atom stereocenters. The average molecular weight is 242 g/mol. The number of carbonyl (C=O) groups excluding carboxylic acids is 1. The number of aromatic nitrogens is 1. The Morgan fingerprint density at radius 1 is 1.28 bits per heavy atom. The van der Waals surface area contributed by atoms with Crippen LogP contribution in [0.5, 0.6) is 0 Å². The van der Waals surface area contributed by atoms with Gasteiger partial charge in [-0.25, -0.2) is 0 Å². The number of carbonyl (C=O) groups is 1. The molecule has 18 heavy (non-hydrogen) atoms. The lowest BCUT2D eigenvalue weighted by atomic mass is 10.1. The van der Waals surface area contributed by atoms with E-state index in [4.69, 9.17) is 0 Å². The zero-order valence-electron chi connectivity index (χ0n) is 10.8. The van der Waals surface area contributed by atoms with E-state index in [0.717, 1.165) is 29.4 Å². The van der Waals surface area contributed by atoms with Gasteiger partial charge in [0.15, 0.2) is 0 Å². The van der Waals surface area contributed by atoms with Gasteiger partial charge in [0, 0.05) is 30.5 Å². The molecule has 1 atom stereocenters. The standard InChI is InChI=1S/C15H18N2O/c1-3-13(16-11(2)18)10-14-9-8-12-6-4-5-7-15(12)17-14/h4-9,13H,3,10H2,1-2H3,(H,16,18). The van der Waals surface area contributed by atoms with Gasteiger partial charge < -0.3 is 5.32 Å². The van der Waals surface area contributed by atoms with Gasteiger partial charge in [0.2, 0.25) is 5.91 Å². The molecule has 2 aromatic rings. The van der Waals surface area contributed by atoms with Crippen molar-refractivity contribution in [3.63, 3.8) is 0 Å². The molecule has 3 heteroatoms. The summed E-state index contributed by atoms with van der Waals surface area (Å²) >= 11 is 0. The zero-order chi connectivity index (χ0) is 13.0. The summed E-state index contributed by atoms with van der Waals surface area (Å²) in [7, 11) is 0. The Hall–Kier alpha value is -1.90. The van der Waals surface area contributed by atoms with Gasteiger partial charge in [0.05, 0.1) is 5.52 Å². The Balaban J connectivity index is 2.17. The fourth-order valence-electron chi connectivity index (χ4n) is 2.06. The van der Waals surface area contributed by atoms with Crippen molar-refractivity contribution in [1.29, 1.82) is 0 Å². The summed E-state index contributed by atoms with van der Waals surface area (Å²) < 4.78 is 0. The normalized spacial score (nSPS) is 12.3. The number of benzene rings is 1. The van der Waals surface area contributed by atoms with E-state index in [-0.39, 0.29) is 11.9 Å². The Morgan fingerprint density at radius 3 is 2.78 bits per heavy atom. The first-order chi connectivity index (χ1) is 8.69. The van der Waals surface area contributed by atoms with E-state index in [1.54, 1.807) is 6.92 Å². The summed E-state index contributed by atoms with van der Waals surface area (Å²) in [5, 5.41) is 4.09. The third-order valence-corrected chi connectivity index (χ3v) is 3.01. The summed E-state index contributed by atoms with van der Waals surface area (Å²) in [6, 6.07) is 12.3. The van der Waals surface area contributed by atoms with Crippen LogP contribution in [0, 0.1) is 0 Å². The number of hydrogen-bond acceptors (Lipinski definition) is 2. The SMILES string of the molecule is CCC(Cc1ccc2ccccc2n1)NC(C)=O. The van der Waals surface area contributed by atoms with Crippen molar-refractivity contribution < 1.29 is 4.79 Å². The molecule has 2 rings (SSSR count). The molecule has 1 heterocycles. The highest BCUT2D eigenvalue weighted by molar-refractivity contribution is 5.78. The van der Waals surface area contributed by atoms with Crippen LogP contribution in [0.15, 0.2) is 36.4 Å². The first-order valence-corrected chi connectivity index (χ1v) is 6.31. The predicted molar refractivity (Wildman–Crippen MR) is 73.3 cm³/mol. The van der Waals surface area contributed by atoms with Crippen LogP contribution in [0.1, 0.15) is 26.0 Å². The van der Waals surface area contributed by atoms with Gasteiger partial charge in [-0.15, -0.1) is 0 Å². The lowest BCUT2D eigenvalue weighted by Crippen LogP contribution is -2.34. The maximum absolute atomic E-state index is 11.1. The molecule has 0 aliphatic heterocycles. The van der Waals surface area contributed by atoms with Crippen LogP contribution < -0.4 is 5.32 Å². The highest BCUT2D eigenvalue weighted by Gasteiger charge is 2.09. The summed E-state index contributed by atoms with van der Waals surface area (Å²) in [6.45, 7) is 3.62. The van der Waals surface area contributed by atoms with Crippen LogP contribution in [0.4, 0.5) is 0 Å². The first-order valence-electron chi connectivity index (χ1n) is 6.31. The molecule has 1 amide bonds. The van der Waals surface area contributed by atoms with Gasteiger partial charge in [-0.1, -0.05) is 31.2 Å². The van der Waals surface area contributed by atoms with Crippen LogP contribution in [0.2, 0.25) is 0 Å². The summed E-state index contributed by atoms with van der Waals surface area (Å²) in [6.07, 6.45) is 1.69. The first kappa shape index (κ1) is 12.6. The monoisotopic (exact) mass is 242 g/mol. The molecule has 0 radical (unpaired) electrons. The molecule has 0 aliphatic carbocycles. The predicted octanol–water partition coefficient (Wildman–Crippen LogP) is 2.69. The lowest BCUT2D eigenvalue weighted by Gasteiger charge is -2.15. The number of fused-ring (bicyclic) bond motifs is 1. The second-order valence-corrected chi connectivity index (χ2v) is 4.51. The van der Waals surface area contributed by atoms with Crippen molar-refractivity contribution in [2.24, 2.45) is 0 Å². The smallest absolute Gasteiger partial charge is 0.217 e. The van der Waals surface area contributed by atoms with E-state index in [9.17, 15) is 4.79 Å². The molecule has 1 N–H and O–H groups in total. The minimum absolute atomic E-state index is 0.0163. The molecule has 1 aromatic heterocycles. The summed E-state index contributed by atoms with van der Waals surface area (Å²) in [5.74, 6) is 0.0163. The Morgan fingerprint density at radius 2 is 2.06 bits per heavy atom. The highest BCUT2D eigenvalue weighted by Crippen LogP contribution is 2.13. The van der Waals surface area contributed by atoms with Crippen molar-refractivity contribution >= 4 is 16.8 Å². The van der Waals surface area contributed by atoms with E-state index < -0.39 is 0 Å². The van der Waals surface area contributed by atoms with Gasteiger partial charge in [-0.3, -0.25) is 9.78 Å². The van der Waals surface area contributed by atoms with Gasteiger partial charge in [0.1, 0.15) is 0 Å². The number of rotatable bonds is 4. The van der Waals surface area contributed by atoms with Crippen LogP contribution in [0.3, 0.4) is 0 Å². The van der Waals surface area contributed by atoms with Crippen LogP contribution in [-0.2, 0) is 11.2 Å². The average Bonchev–Trinajstić information content (AvgIpc) is 2.37. The number of amides is 1. The van der Waals surface area contributed by atoms with Crippen molar-refractivity contribution in [3.8, 4) is 0 Å². The van der Waals surface area contributed by atoms with E-state index in [1.165, 1.54) is 0 Å². The van der Waals surface area contributed by atoms with Crippen molar-refractivity contribution in [1.82, 2.24) is 10.3 Å². The van der Waals surface area contributed by atoms with Gasteiger partial charge in [0.25, 0.3) is 0 Å². The van der Waals surface area contributed by atoms with Gasteiger partial charge >= 0.3 is 0 Å². The summed E-state index contributed by atoms with van der Waals surface area (Å²) in [5.41, 5.74) is 2.03. The molecule has 0 saturated heterocycles. The third-order valence-electron chi connectivity index (χ3n) is 3.01. The van der Waals surface area contributed by atoms with Crippen molar-refractivity contribution in [3.05, 3.63) is 42.1 Å². The number of hydrogen-bond donors (Lipinski definition) is 1. The third kappa shape index (κ3) is 3.06. The van der Waals surface area contributed by atoms with E-state index in [0.29, 0.717) is 0 Å². The van der Waals surface area contributed by atoms with Gasteiger partial charge in [-0.2, -0.15) is 0 Å². The lowest BCUT2D eigenvalue weighted by molar-refractivity contribution is -0.119. The van der Waals surface area contributed by atoms with Gasteiger partial charge in [-0.05, 0) is 18.6 Å². The van der Waals surface area contributed by atoms with E-state index >= 15 is 0 Å². The number of nitrogens with zero attached hydrogens (tertiary/aromatic N) is 1. The highest BCUT2D eigenvalue weighted by atomic mass is 16.1. The maximum Gasteiger partial charge on any atom is 0.217 e. The molecule has 1 aromatic carbocycles. The topological polar surface area (TPSA) is 42.0 Å². The minimum Gasteiger partial charge on any atom is -0.353 e. The summed E-state index contributed by atoms with van der Waals surface area (Å²) in [4.78, 5) is 15.7. The number of para-hydroxylation sites is 1. The minimum atomic E-state index is 0.0163. The Kier molecular flexibility index (Phi) is 3.92. The van der Waals surface area contributed by atoms with E-state index in [1.807, 2.05) is 24.3 Å². The van der Waals surface area contributed by atoms with Crippen LogP contribution in [-0.4, -0.2) is 16.9 Å². The fourth-order valence-corrected chi connectivity index (χ4v) is 2.06. The second-order valence-electron chi connectivity index (χ2n) is 4.51. The maximum atomic E-state index is 11.1. The molecular formula is C15H18N2O. The Bertz CT molecular complexity index is 551. The molecule has 0 bridgehead atoms. The van der Waals surface area contributed by atoms with Crippen LogP contribution >= 0.6 is 0 Å². The molecule has 3 nitrogen and oxygen atoms in total. The molecule has 94 valence electrons. The zero-order valence-corrected chi connectivity index (χ0v) is 10.8. The largest absolute Gasteiger partial charge is 0.353 e. The number of nitrogens with one attached hydrogen (secondary N) is 1. The molecule has 0 spiro atoms. The molecule has 0 fully saturated rings. The number of pyridine rings is 1. The fraction of sp³-hybridized carbons (Fsp3) is 0.333. The molecule has 0 aliphatic rings. The quantitative estimate of drug-likeness (QED) is 0.895. The second kappa shape index (κ2) is 5.63. The van der Waals surface area contributed by atoms with Crippen LogP contribution in [0.25, 0.3) is 10.9 Å². The Labute approximate surface area is 107 Å². The van der Waals surface area contributed by atoms with Crippen molar-refractivity contribution in [2.75, 3.05) is 0 Å². The van der Waals surface area contributed by atoms with Crippen molar-refractivity contribution in [2.45, 2.75) is 32.7 Å².